The second kappa shape index (κ2) is 5.98. The number of rotatable bonds is 4. The van der Waals surface area contributed by atoms with E-state index in [1.807, 2.05) is 24.3 Å². The van der Waals surface area contributed by atoms with E-state index in [4.69, 9.17) is 17.4 Å². The largest absolute Gasteiger partial charge is 0.271 e. The average Bonchev–Trinajstić information content (AvgIpc) is 2.79. The summed E-state index contributed by atoms with van der Waals surface area (Å²) in [6, 6.07) is 9.99. The molecule has 90 valence electrons. The van der Waals surface area contributed by atoms with Crippen LogP contribution in [0.4, 0.5) is 0 Å². The van der Waals surface area contributed by atoms with Crippen molar-refractivity contribution >= 4 is 38.9 Å². The molecule has 1 aromatic carbocycles. The van der Waals surface area contributed by atoms with E-state index in [0.717, 1.165) is 16.5 Å². The van der Waals surface area contributed by atoms with Gasteiger partial charge in [-0.2, -0.15) is 0 Å². The number of hydrazine groups is 1. The lowest BCUT2D eigenvalue weighted by Gasteiger charge is -2.17. The summed E-state index contributed by atoms with van der Waals surface area (Å²) in [5.74, 6) is 5.63. The number of hydrogen-bond donors (Lipinski definition) is 2. The molecule has 0 saturated carbocycles. The minimum absolute atomic E-state index is 0.0836. The molecule has 2 nitrogen and oxygen atoms in total. The minimum Gasteiger partial charge on any atom is -0.271 e. The van der Waals surface area contributed by atoms with Gasteiger partial charge in [0.2, 0.25) is 0 Å². The lowest BCUT2D eigenvalue weighted by Crippen LogP contribution is -2.29. The van der Waals surface area contributed by atoms with Gasteiger partial charge in [0.25, 0.3) is 0 Å². The quantitative estimate of drug-likeness (QED) is 0.658. The molecule has 0 aliphatic heterocycles. The molecule has 0 saturated heterocycles. The van der Waals surface area contributed by atoms with Gasteiger partial charge in [0, 0.05) is 20.8 Å². The summed E-state index contributed by atoms with van der Waals surface area (Å²) in [6.07, 6.45) is 0.869. The van der Waals surface area contributed by atoms with Gasteiger partial charge in [0.1, 0.15) is 0 Å². The van der Waals surface area contributed by atoms with Crippen molar-refractivity contribution in [2.75, 3.05) is 0 Å². The van der Waals surface area contributed by atoms with Crippen LogP contribution in [0.15, 0.2) is 40.2 Å². The predicted molar refractivity (Wildman–Crippen MR) is 77.2 cm³/mol. The molecule has 5 heteroatoms. The molecule has 2 rings (SSSR count). The third-order valence-corrected chi connectivity index (χ3v) is 4.35. The molecule has 2 aromatic rings. The van der Waals surface area contributed by atoms with Crippen molar-refractivity contribution in [2.45, 2.75) is 12.5 Å². The first-order valence-corrected chi connectivity index (χ1v) is 7.19. The molecule has 1 heterocycles. The molecule has 0 aliphatic rings. The maximum atomic E-state index is 5.93. The number of benzene rings is 1. The summed E-state index contributed by atoms with van der Waals surface area (Å²) in [7, 11) is 0. The van der Waals surface area contributed by atoms with Crippen molar-refractivity contribution in [2.24, 2.45) is 5.84 Å². The summed E-state index contributed by atoms with van der Waals surface area (Å²) in [5, 5.41) is 2.78. The Labute approximate surface area is 118 Å². The fraction of sp³-hybridized carbons (Fsp3) is 0.167. The van der Waals surface area contributed by atoms with Crippen LogP contribution in [0.3, 0.4) is 0 Å². The second-order valence-electron chi connectivity index (χ2n) is 3.67. The third kappa shape index (κ3) is 3.30. The van der Waals surface area contributed by atoms with E-state index in [0.29, 0.717) is 5.02 Å². The van der Waals surface area contributed by atoms with Gasteiger partial charge in [-0.25, -0.2) is 0 Å². The number of nitrogens with two attached hydrogens (primary N) is 1. The smallest absolute Gasteiger partial charge is 0.0519 e. The van der Waals surface area contributed by atoms with E-state index in [-0.39, 0.29) is 6.04 Å². The maximum absolute atomic E-state index is 5.93. The normalized spacial score (nSPS) is 12.6. The molecule has 0 radical (unpaired) electrons. The van der Waals surface area contributed by atoms with Crippen molar-refractivity contribution in [3.63, 3.8) is 0 Å². The van der Waals surface area contributed by atoms with Crippen molar-refractivity contribution in [3.05, 3.63) is 55.6 Å². The van der Waals surface area contributed by atoms with Crippen molar-refractivity contribution in [3.8, 4) is 0 Å². The van der Waals surface area contributed by atoms with E-state index in [1.54, 1.807) is 11.3 Å². The summed E-state index contributed by atoms with van der Waals surface area (Å²) in [4.78, 5) is 1.30. The molecule has 3 N–H and O–H groups in total. The highest BCUT2D eigenvalue weighted by atomic mass is 79.9. The maximum Gasteiger partial charge on any atom is 0.0519 e. The van der Waals surface area contributed by atoms with Crippen LogP contribution >= 0.6 is 38.9 Å². The van der Waals surface area contributed by atoms with E-state index in [1.165, 1.54) is 4.88 Å². The first-order chi connectivity index (χ1) is 8.20. The first-order valence-electron chi connectivity index (χ1n) is 5.14. The van der Waals surface area contributed by atoms with Gasteiger partial charge in [0.15, 0.2) is 0 Å². The number of nitrogens with one attached hydrogen (secondary N) is 1. The Morgan fingerprint density at radius 2 is 2.24 bits per heavy atom. The van der Waals surface area contributed by atoms with Gasteiger partial charge < -0.3 is 0 Å². The van der Waals surface area contributed by atoms with Gasteiger partial charge in [-0.3, -0.25) is 11.3 Å². The van der Waals surface area contributed by atoms with Gasteiger partial charge in [0.05, 0.1) is 6.04 Å². The molecule has 0 spiro atoms. The van der Waals surface area contributed by atoms with Crippen LogP contribution in [0.25, 0.3) is 0 Å². The second-order valence-corrected chi connectivity index (χ2v) is 5.99. The number of hydrogen-bond acceptors (Lipinski definition) is 3. The zero-order valence-corrected chi connectivity index (χ0v) is 12.1. The molecular formula is C12H12BrClN2S. The lowest BCUT2D eigenvalue weighted by molar-refractivity contribution is 0.553. The standard InChI is InChI=1S/C12H12BrClN2S/c13-11-6-8(14)3-4-10(11)12(16-15)7-9-2-1-5-17-9/h1-6,12,16H,7,15H2. The van der Waals surface area contributed by atoms with Crippen molar-refractivity contribution < 1.29 is 0 Å². The van der Waals surface area contributed by atoms with Crippen LogP contribution < -0.4 is 11.3 Å². The molecular weight excluding hydrogens is 320 g/mol. The zero-order chi connectivity index (χ0) is 12.3. The van der Waals surface area contributed by atoms with Crippen LogP contribution in [0.5, 0.6) is 0 Å². The molecule has 17 heavy (non-hydrogen) atoms. The molecule has 0 bridgehead atoms. The Kier molecular flexibility index (Phi) is 4.59. The zero-order valence-electron chi connectivity index (χ0n) is 8.99. The molecule has 0 fully saturated rings. The lowest BCUT2D eigenvalue weighted by atomic mass is 10.0. The summed E-state index contributed by atoms with van der Waals surface area (Å²) in [5.41, 5.74) is 3.97. The van der Waals surface area contributed by atoms with Crippen LogP contribution in [0.2, 0.25) is 5.02 Å². The van der Waals surface area contributed by atoms with E-state index < -0.39 is 0 Å². The summed E-state index contributed by atoms with van der Waals surface area (Å²) >= 11 is 11.2. The van der Waals surface area contributed by atoms with E-state index >= 15 is 0 Å². The predicted octanol–water partition coefficient (Wildman–Crippen LogP) is 3.91. The minimum atomic E-state index is 0.0836. The van der Waals surface area contributed by atoms with Gasteiger partial charge >= 0.3 is 0 Å². The molecule has 1 atom stereocenters. The van der Waals surface area contributed by atoms with Gasteiger partial charge in [-0.15, -0.1) is 11.3 Å². The average molecular weight is 332 g/mol. The topological polar surface area (TPSA) is 38.0 Å². The highest BCUT2D eigenvalue weighted by Gasteiger charge is 2.14. The Morgan fingerprint density at radius 3 is 2.82 bits per heavy atom. The molecule has 1 unspecified atom stereocenters. The monoisotopic (exact) mass is 330 g/mol. The molecule has 0 aliphatic carbocycles. The van der Waals surface area contributed by atoms with E-state index in [2.05, 4.69) is 32.8 Å². The van der Waals surface area contributed by atoms with Gasteiger partial charge in [-0.1, -0.05) is 39.7 Å². The van der Waals surface area contributed by atoms with Crippen molar-refractivity contribution in [1.82, 2.24) is 5.43 Å². The van der Waals surface area contributed by atoms with Crippen molar-refractivity contribution in [1.29, 1.82) is 0 Å². The summed E-state index contributed by atoms with van der Waals surface area (Å²) < 4.78 is 0.976. The van der Waals surface area contributed by atoms with Crippen LogP contribution in [0, 0.1) is 0 Å². The summed E-state index contributed by atoms with van der Waals surface area (Å²) in [6.45, 7) is 0. The SMILES string of the molecule is NNC(Cc1cccs1)c1ccc(Cl)cc1Br. The van der Waals surface area contributed by atoms with Gasteiger partial charge in [-0.05, 0) is 29.1 Å². The highest BCUT2D eigenvalue weighted by Crippen LogP contribution is 2.29. The van der Waals surface area contributed by atoms with E-state index in [9.17, 15) is 0 Å². The highest BCUT2D eigenvalue weighted by molar-refractivity contribution is 9.10. The fourth-order valence-electron chi connectivity index (χ4n) is 1.67. The number of halogens is 2. The van der Waals surface area contributed by atoms with Crippen LogP contribution in [-0.4, -0.2) is 0 Å². The van der Waals surface area contributed by atoms with Crippen LogP contribution in [0.1, 0.15) is 16.5 Å². The van der Waals surface area contributed by atoms with Crippen LogP contribution in [-0.2, 0) is 6.42 Å². The number of thiophene rings is 1. The third-order valence-electron chi connectivity index (χ3n) is 2.52. The Hall–Kier alpha value is -0.390. The Balaban J connectivity index is 2.23. The molecule has 1 aromatic heterocycles. The fourth-order valence-corrected chi connectivity index (χ4v) is 3.38. The first kappa shape index (κ1) is 13.1. The Bertz CT molecular complexity index is 487. The molecule has 0 amide bonds. The Morgan fingerprint density at radius 1 is 1.41 bits per heavy atom.